The third-order valence-electron chi connectivity index (χ3n) is 2.41. The predicted octanol–water partition coefficient (Wildman–Crippen LogP) is 1.77. The first-order valence-electron chi connectivity index (χ1n) is 4.51. The number of fused-ring (bicyclic) bond motifs is 1. The molecule has 1 aliphatic heterocycles. The maximum atomic E-state index is 4.44. The summed E-state index contributed by atoms with van der Waals surface area (Å²) in [5.41, 5.74) is 2.68. The zero-order valence-corrected chi connectivity index (χ0v) is 7.67. The van der Waals surface area contributed by atoms with E-state index in [1.165, 1.54) is 16.9 Å². The molecule has 0 fully saturated rings. The molecule has 0 atom stereocenters. The monoisotopic (exact) mass is 162 g/mol. The van der Waals surface area contributed by atoms with Crippen LogP contribution in [0.5, 0.6) is 0 Å². The highest BCUT2D eigenvalue weighted by Crippen LogP contribution is 2.25. The van der Waals surface area contributed by atoms with Crippen LogP contribution >= 0.6 is 0 Å². The molecule has 0 aliphatic carbocycles. The molecule has 1 aliphatic rings. The molecule has 64 valence electrons. The van der Waals surface area contributed by atoms with Crippen molar-refractivity contribution in [2.24, 2.45) is 0 Å². The van der Waals surface area contributed by atoms with Gasteiger partial charge < -0.3 is 4.90 Å². The van der Waals surface area contributed by atoms with Crippen LogP contribution in [0, 0.1) is 6.92 Å². The van der Waals surface area contributed by atoms with Gasteiger partial charge in [-0.15, -0.1) is 0 Å². The topological polar surface area (TPSA) is 16.1 Å². The molecule has 0 unspecified atom stereocenters. The number of rotatable bonds is 1. The number of hydrogen-bond acceptors (Lipinski definition) is 2. The van der Waals surface area contributed by atoms with Crippen molar-refractivity contribution in [2.45, 2.75) is 20.3 Å². The fraction of sp³-hybridized carbons (Fsp3) is 0.500. The van der Waals surface area contributed by atoms with Crippen LogP contribution in [0.15, 0.2) is 12.3 Å². The number of hydrogen-bond donors (Lipinski definition) is 0. The van der Waals surface area contributed by atoms with E-state index in [1.54, 1.807) is 0 Å². The SMILES string of the molecule is CCN1CCc2cc(C)cnc21. The lowest BCUT2D eigenvalue weighted by Gasteiger charge is -2.14. The van der Waals surface area contributed by atoms with E-state index in [9.17, 15) is 0 Å². The minimum Gasteiger partial charge on any atom is -0.356 e. The lowest BCUT2D eigenvalue weighted by molar-refractivity contribution is 0.857. The van der Waals surface area contributed by atoms with Crippen molar-refractivity contribution in [3.63, 3.8) is 0 Å². The molecule has 1 aromatic heterocycles. The summed E-state index contributed by atoms with van der Waals surface area (Å²) in [6.45, 7) is 6.49. The standard InChI is InChI=1S/C10H14N2/c1-3-12-5-4-9-6-8(2)7-11-10(9)12/h6-7H,3-5H2,1-2H3. The third-order valence-corrected chi connectivity index (χ3v) is 2.41. The van der Waals surface area contributed by atoms with Gasteiger partial charge in [-0.1, -0.05) is 6.07 Å². The number of likely N-dealkylation sites (N-methyl/N-ethyl adjacent to an activating group) is 1. The summed E-state index contributed by atoms with van der Waals surface area (Å²) in [5.74, 6) is 1.20. The van der Waals surface area contributed by atoms with Gasteiger partial charge in [0.2, 0.25) is 0 Å². The average Bonchev–Trinajstić information content (AvgIpc) is 2.46. The van der Waals surface area contributed by atoms with Crippen molar-refractivity contribution in [1.29, 1.82) is 0 Å². The molecule has 0 N–H and O–H groups in total. The number of nitrogens with zero attached hydrogens (tertiary/aromatic N) is 2. The Morgan fingerprint density at radius 1 is 1.58 bits per heavy atom. The van der Waals surface area contributed by atoms with Gasteiger partial charge in [-0.05, 0) is 31.4 Å². The molecule has 0 radical (unpaired) electrons. The second kappa shape index (κ2) is 2.77. The molecule has 0 aromatic carbocycles. The summed E-state index contributed by atoms with van der Waals surface area (Å²) in [6, 6.07) is 2.25. The molecule has 12 heavy (non-hydrogen) atoms. The molecule has 2 heteroatoms. The zero-order valence-electron chi connectivity index (χ0n) is 7.67. The lowest BCUT2D eigenvalue weighted by Crippen LogP contribution is -2.19. The van der Waals surface area contributed by atoms with Gasteiger partial charge in [0.15, 0.2) is 0 Å². The Balaban J connectivity index is 2.40. The van der Waals surface area contributed by atoms with Crippen LogP contribution in [0.3, 0.4) is 0 Å². The minimum absolute atomic E-state index is 1.07. The molecule has 0 saturated carbocycles. The minimum atomic E-state index is 1.07. The van der Waals surface area contributed by atoms with Crippen molar-refractivity contribution in [3.05, 3.63) is 23.4 Å². The molecule has 2 nitrogen and oxygen atoms in total. The Bertz CT molecular complexity index is 294. The van der Waals surface area contributed by atoms with Crippen LogP contribution in [0.2, 0.25) is 0 Å². The predicted molar refractivity (Wildman–Crippen MR) is 50.6 cm³/mol. The van der Waals surface area contributed by atoms with E-state index >= 15 is 0 Å². The summed E-state index contributed by atoms with van der Waals surface area (Å²) < 4.78 is 0. The van der Waals surface area contributed by atoms with Crippen molar-refractivity contribution < 1.29 is 0 Å². The van der Waals surface area contributed by atoms with E-state index in [0.29, 0.717) is 0 Å². The second-order valence-electron chi connectivity index (χ2n) is 3.33. The lowest BCUT2D eigenvalue weighted by atomic mass is 10.2. The summed E-state index contributed by atoms with van der Waals surface area (Å²) in [6.07, 6.45) is 3.12. The van der Waals surface area contributed by atoms with E-state index in [0.717, 1.165) is 19.5 Å². The molecular formula is C10H14N2. The van der Waals surface area contributed by atoms with E-state index < -0.39 is 0 Å². The zero-order chi connectivity index (χ0) is 8.55. The molecule has 0 amide bonds. The fourth-order valence-electron chi connectivity index (χ4n) is 1.76. The summed E-state index contributed by atoms with van der Waals surface area (Å²) in [7, 11) is 0. The van der Waals surface area contributed by atoms with Crippen molar-refractivity contribution >= 4 is 5.82 Å². The van der Waals surface area contributed by atoms with E-state index in [-0.39, 0.29) is 0 Å². The average molecular weight is 162 g/mol. The normalized spacial score (nSPS) is 15.0. The number of anilines is 1. The highest BCUT2D eigenvalue weighted by Gasteiger charge is 2.18. The Morgan fingerprint density at radius 2 is 2.42 bits per heavy atom. The Hall–Kier alpha value is -1.05. The van der Waals surface area contributed by atoms with Gasteiger partial charge in [0.1, 0.15) is 5.82 Å². The quantitative estimate of drug-likeness (QED) is 0.625. The van der Waals surface area contributed by atoms with Crippen LogP contribution in [0.1, 0.15) is 18.1 Å². The van der Waals surface area contributed by atoms with Crippen LogP contribution in [0.25, 0.3) is 0 Å². The molecule has 0 spiro atoms. The van der Waals surface area contributed by atoms with Crippen molar-refractivity contribution in [1.82, 2.24) is 4.98 Å². The molecule has 0 bridgehead atoms. The Morgan fingerprint density at radius 3 is 3.17 bits per heavy atom. The van der Waals surface area contributed by atoms with Gasteiger partial charge in [-0.25, -0.2) is 4.98 Å². The van der Waals surface area contributed by atoms with Crippen LogP contribution in [0.4, 0.5) is 5.82 Å². The van der Waals surface area contributed by atoms with Gasteiger partial charge in [0, 0.05) is 19.3 Å². The fourth-order valence-corrected chi connectivity index (χ4v) is 1.76. The maximum absolute atomic E-state index is 4.44. The van der Waals surface area contributed by atoms with Gasteiger partial charge >= 0.3 is 0 Å². The number of aryl methyl sites for hydroxylation is 1. The molecule has 2 rings (SSSR count). The van der Waals surface area contributed by atoms with Gasteiger partial charge in [0.05, 0.1) is 0 Å². The summed E-state index contributed by atoms with van der Waals surface area (Å²) in [5, 5.41) is 0. The first kappa shape index (κ1) is 7.59. The maximum Gasteiger partial charge on any atom is 0.131 e. The van der Waals surface area contributed by atoms with Crippen molar-refractivity contribution in [3.8, 4) is 0 Å². The van der Waals surface area contributed by atoms with Crippen LogP contribution in [-0.4, -0.2) is 18.1 Å². The van der Waals surface area contributed by atoms with Crippen LogP contribution < -0.4 is 4.90 Å². The molecule has 2 heterocycles. The third kappa shape index (κ3) is 1.07. The number of aromatic nitrogens is 1. The molecule has 1 aromatic rings. The van der Waals surface area contributed by atoms with E-state index in [2.05, 4.69) is 29.8 Å². The summed E-state index contributed by atoms with van der Waals surface area (Å²) >= 11 is 0. The van der Waals surface area contributed by atoms with Crippen LogP contribution in [-0.2, 0) is 6.42 Å². The second-order valence-corrected chi connectivity index (χ2v) is 3.33. The first-order valence-corrected chi connectivity index (χ1v) is 4.51. The smallest absolute Gasteiger partial charge is 0.131 e. The van der Waals surface area contributed by atoms with Gasteiger partial charge in [-0.3, -0.25) is 0 Å². The number of pyridine rings is 1. The largest absolute Gasteiger partial charge is 0.356 e. The van der Waals surface area contributed by atoms with Gasteiger partial charge in [0.25, 0.3) is 0 Å². The van der Waals surface area contributed by atoms with Gasteiger partial charge in [-0.2, -0.15) is 0 Å². The van der Waals surface area contributed by atoms with Crippen molar-refractivity contribution in [2.75, 3.05) is 18.0 Å². The highest BCUT2D eigenvalue weighted by molar-refractivity contribution is 5.52. The molecule has 0 saturated heterocycles. The summed E-state index contributed by atoms with van der Waals surface area (Å²) in [4.78, 5) is 6.77. The molecular weight excluding hydrogens is 148 g/mol. The highest BCUT2D eigenvalue weighted by atomic mass is 15.2. The Kier molecular flexibility index (Phi) is 1.75. The van der Waals surface area contributed by atoms with E-state index in [1.807, 2.05) is 6.20 Å². The Labute approximate surface area is 73.2 Å². The first-order chi connectivity index (χ1) is 5.81. The van der Waals surface area contributed by atoms with E-state index in [4.69, 9.17) is 0 Å².